The highest BCUT2D eigenvalue weighted by Gasteiger charge is 2.17. The van der Waals surface area contributed by atoms with Crippen molar-refractivity contribution in [1.82, 2.24) is 9.55 Å². The van der Waals surface area contributed by atoms with Crippen molar-refractivity contribution in [2.75, 3.05) is 18.0 Å². The van der Waals surface area contributed by atoms with Crippen molar-refractivity contribution in [2.24, 2.45) is 0 Å². The fourth-order valence-electron chi connectivity index (χ4n) is 5.69. The van der Waals surface area contributed by atoms with Gasteiger partial charge in [0.25, 0.3) is 0 Å². The molecule has 0 saturated carbocycles. The molecule has 0 bridgehead atoms. The number of para-hydroxylation sites is 3. The number of hydrogen-bond donors (Lipinski definition) is 1. The summed E-state index contributed by atoms with van der Waals surface area (Å²) in [4.78, 5) is 6.17. The maximum absolute atomic E-state index is 3.58. The van der Waals surface area contributed by atoms with Crippen LogP contribution in [-0.2, 0) is 25.8 Å². The van der Waals surface area contributed by atoms with Crippen LogP contribution in [0.2, 0.25) is 0 Å². The molecule has 0 fully saturated rings. The number of rotatable bonds is 8. The Bertz CT molecular complexity index is 1370. The van der Waals surface area contributed by atoms with Crippen molar-refractivity contribution in [2.45, 2.75) is 45.1 Å². The van der Waals surface area contributed by atoms with Crippen molar-refractivity contribution in [3.05, 3.63) is 102 Å². The summed E-state index contributed by atoms with van der Waals surface area (Å²) in [6, 6.07) is 31.1. The smallest absolute Gasteiger partial charge is 0.0483 e. The zero-order valence-corrected chi connectivity index (χ0v) is 19.8. The number of unbranched alkanes of at least 4 members (excludes halogenated alkanes) is 1. The summed E-state index contributed by atoms with van der Waals surface area (Å²) in [6.07, 6.45) is 7.11. The number of H-pyrrole nitrogens is 1. The van der Waals surface area contributed by atoms with Gasteiger partial charge in [0.1, 0.15) is 0 Å². The van der Waals surface area contributed by atoms with Crippen molar-refractivity contribution in [3.63, 3.8) is 0 Å². The molecule has 2 aromatic heterocycles. The molecule has 6 rings (SSSR count). The standard InChI is InChI=1S/C31H33N3/c1-6-16-29-25(11-1)22-27(32-29)14-4-5-15-28-23-26-12-3-8-18-31(26)34(28)21-20-33-19-9-13-24-10-2-7-17-30(24)33/h1-3,6-8,10-12,16-18,22-23,32H,4-5,9,13-15,19-21H2. The average Bonchev–Trinajstić information content (AvgIpc) is 3.46. The molecule has 34 heavy (non-hydrogen) atoms. The molecule has 172 valence electrons. The molecule has 0 spiro atoms. The third-order valence-electron chi connectivity index (χ3n) is 7.41. The van der Waals surface area contributed by atoms with E-state index in [1.807, 2.05) is 0 Å². The number of aromatic amines is 1. The predicted octanol–water partition coefficient (Wildman–Crippen LogP) is 7.14. The van der Waals surface area contributed by atoms with Gasteiger partial charge in [-0.3, -0.25) is 0 Å². The van der Waals surface area contributed by atoms with Crippen LogP contribution in [-0.4, -0.2) is 22.6 Å². The fourth-order valence-corrected chi connectivity index (χ4v) is 5.69. The maximum atomic E-state index is 3.58. The zero-order valence-electron chi connectivity index (χ0n) is 19.8. The van der Waals surface area contributed by atoms with Gasteiger partial charge in [-0.15, -0.1) is 0 Å². The Morgan fingerprint density at radius 3 is 2.47 bits per heavy atom. The molecule has 0 radical (unpaired) electrons. The number of aryl methyl sites for hydroxylation is 3. The van der Waals surface area contributed by atoms with E-state index in [0.717, 1.165) is 32.5 Å². The molecule has 3 heteroatoms. The monoisotopic (exact) mass is 447 g/mol. The number of hydrogen-bond acceptors (Lipinski definition) is 1. The molecule has 0 amide bonds. The fraction of sp³-hybridized carbons (Fsp3) is 0.290. The SMILES string of the molecule is c1ccc2c(c1)CCCN2CCn1c(CCCCc2cc3ccccc3[nH]2)cc2ccccc21. The summed E-state index contributed by atoms with van der Waals surface area (Å²) >= 11 is 0. The summed E-state index contributed by atoms with van der Waals surface area (Å²) in [5, 5.41) is 2.68. The third kappa shape index (κ3) is 4.23. The van der Waals surface area contributed by atoms with Crippen LogP contribution in [0.5, 0.6) is 0 Å². The Morgan fingerprint density at radius 2 is 1.53 bits per heavy atom. The van der Waals surface area contributed by atoms with E-state index < -0.39 is 0 Å². The Hall–Kier alpha value is -3.46. The van der Waals surface area contributed by atoms with E-state index in [2.05, 4.69) is 99.4 Å². The number of benzene rings is 3. The lowest BCUT2D eigenvalue weighted by atomic mass is 10.0. The lowest BCUT2D eigenvalue weighted by Gasteiger charge is -2.31. The van der Waals surface area contributed by atoms with Gasteiger partial charge >= 0.3 is 0 Å². The second-order valence-electron chi connectivity index (χ2n) is 9.65. The first-order valence-corrected chi connectivity index (χ1v) is 12.8. The van der Waals surface area contributed by atoms with Crippen LogP contribution in [0.4, 0.5) is 5.69 Å². The molecule has 0 atom stereocenters. The van der Waals surface area contributed by atoms with Crippen LogP contribution in [0.25, 0.3) is 21.8 Å². The zero-order chi connectivity index (χ0) is 22.7. The summed E-state index contributed by atoms with van der Waals surface area (Å²) in [7, 11) is 0. The van der Waals surface area contributed by atoms with E-state index in [-0.39, 0.29) is 0 Å². The minimum atomic E-state index is 1.04. The van der Waals surface area contributed by atoms with Gasteiger partial charge in [0.15, 0.2) is 0 Å². The molecule has 3 heterocycles. The average molecular weight is 448 g/mol. The van der Waals surface area contributed by atoms with E-state index in [4.69, 9.17) is 0 Å². The number of nitrogens with zero attached hydrogens (tertiary/aromatic N) is 2. The highest BCUT2D eigenvalue weighted by molar-refractivity contribution is 5.81. The molecule has 3 nitrogen and oxygen atoms in total. The topological polar surface area (TPSA) is 24.0 Å². The van der Waals surface area contributed by atoms with Crippen molar-refractivity contribution < 1.29 is 0 Å². The van der Waals surface area contributed by atoms with E-state index in [0.29, 0.717) is 0 Å². The number of anilines is 1. The second kappa shape index (κ2) is 9.42. The molecule has 3 aromatic carbocycles. The van der Waals surface area contributed by atoms with Crippen LogP contribution < -0.4 is 4.90 Å². The van der Waals surface area contributed by atoms with Gasteiger partial charge in [-0.1, -0.05) is 54.6 Å². The number of fused-ring (bicyclic) bond motifs is 3. The second-order valence-corrected chi connectivity index (χ2v) is 9.65. The summed E-state index contributed by atoms with van der Waals surface area (Å²) in [5.74, 6) is 0. The molecule has 0 aliphatic carbocycles. The van der Waals surface area contributed by atoms with Crippen LogP contribution in [0.3, 0.4) is 0 Å². The Balaban J connectivity index is 1.14. The molecule has 1 aliphatic rings. The molecular formula is C31H33N3. The quantitative estimate of drug-likeness (QED) is 0.251. The Kier molecular flexibility index (Phi) is 5.85. The van der Waals surface area contributed by atoms with Gasteiger partial charge < -0.3 is 14.5 Å². The lowest BCUT2D eigenvalue weighted by molar-refractivity contribution is 0.608. The van der Waals surface area contributed by atoms with Crippen LogP contribution >= 0.6 is 0 Å². The van der Waals surface area contributed by atoms with Gasteiger partial charge in [-0.05, 0) is 85.2 Å². The van der Waals surface area contributed by atoms with Crippen LogP contribution in [0, 0.1) is 0 Å². The largest absolute Gasteiger partial charge is 0.370 e. The first-order valence-electron chi connectivity index (χ1n) is 12.8. The highest BCUT2D eigenvalue weighted by Crippen LogP contribution is 2.28. The first-order chi connectivity index (χ1) is 16.8. The molecule has 5 aromatic rings. The Labute approximate surface area is 202 Å². The number of nitrogens with one attached hydrogen (secondary N) is 1. The highest BCUT2D eigenvalue weighted by atomic mass is 15.2. The van der Waals surface area contributed by atoms with Gasteiger partial charge in [-0.2, -0.15) is 0 Å². The van der Waals surface area contributed by atoms with Crippen LogP contribution in [0.1, 0.15) is 36.2 Å². The Morgan fingerprint density at radius 1 is 0.735 bits per heavy atom. The predicted molar refractivity (Wildman–Crippen MR) is 144 cm³/mol. The van der Waals surface area contributed by atoms with Gasteiger partial charge in [0, 0.05) is 47.7 Å². The van der Waals surface area contributed by atoms with E-state index in [9.17, 15) is 0 Å². The summed E-state index contributed by atoms with van der Waals surface area (Å²) in [5.41, 5.74) is 8.39. The summed E-state index contributed by atoms with van der Waals surface area (Å²) < 4.78 is 2.58. The minimum absolute atomic E-state index is 1.04. The van der Waals surface area contributed by atoms with E-state index in [1.54, 1.807) is 0 Å². The summed E-state index contributed by atoms with van der Waals surface area (Å²) in [6.45, 7) is 3.27. The van der Waals surface area contributed by atoms with Crippen molar-refractivity contribution in [3.8, 4) is 0 Å². The first kappa shape index (κ1) is 21.1. The molecule has 0 saturated heterocycles. The van der Waals surface area contributed by atoms with Gasteiger partial charge in [-0.25, -0.2) is 0 Å². The van der Waals surface area contributed by atoms with E-state index >= 15 is 0 Å². The van der Waals surface area contributed by atoms with Crippen LogP contribution in [0.15, 0.2) is 84.9 Å². The molecule has 0 unspecified atom stereocenters. The van der Waals surface area contributed by atoms with Crippen molar-refractivity contribution in [1.29, 1.82) is 0 Å². The third-order valence-corrected chi connectivity index (χ3v) is 7.41. The van der Waals surface area contributed by atoms with Gasteiger partial charge in [0.05, 0.1) is 0 Å². The molecule has 1 aliphatic heterocycles. The van der Waals surface area contributed by atoms with Crippen molar-refractivity contribution >= 4 is 27.5 Å². The number of aromatic nitrogens is 2. The lowest BCUT2D eigenvalue weighted by Crippen LogP contribution is -2.32. The van der Waals surface area contributed by atoms with Gasteiger partial charge in [0.2, 0.25) is 0 Å². The minimum Gasteiger partial charge on any atom is -0.370 e. The molecule has 1 N–H and O–H groups in total. The molecular weight excluding hydrogens is 414 g/mol. The maximum Gasteiger partial charge on any atom is 0.0483 e. The normalized spacial score (nSPS) is 13.6. The van der Waals surface area contributed by atoms with E-state index in [1.165, 1.54) is 70.1 Å².